The SMILES string of the molecule is CCn1nc(-c2cccc(-c3ccc(OC(F)(F)F)cc3)c2)nc1C(N)=O. The second-order valence-electron chi connectivity index (χ2n) is 5.59. The molecular formula is C18H15F3N4O2. The van der Waals surface area contributed by atoms with Gasteiger partial charge in [0.05, 0.1) is 0 Å². The molecule has 27 heavy (non-hydrogen) atoms. The van der Waals surface area contributed by atoms with Gasteiger partial charge in [0.25, 0.3) is 5.91 Å². The van der Waals surface area contributed by atoms with Gasteiger partial charge in [-0.1, -0.05) is 30.3 Å². The number of nitrogens with zero attached hydrogens (tertiary/aromatic N) is 3. The number of primary amides is 1. The number of benzene rings is 2. The van der Waals surface area contributed by atoms with Gasteiger partial charge in [-0.15, -0.1) is 13.2 Å². The lowest BCUT2D eigenvalue weighted by atomic mass is 10.0. The molecule has 0 unspecified atom stereocenters. The Morgan fingerprint density at radius 2 is 1.78 bits per heavy atom. The molecule has 0 bridgehead atoms. The fourth-order valence-corrected chi connectivity index (χ4v) is 2.55. The Kier molecular flexibility index (Phi) is 4.85. The molecule has 1 aromatic heterocycles. The number of ether oxygens (including phenoxy) is 1. The van der Waals surface area contributed by atoms with Gasteiger partial charge in [0, 0.05) is 12.1 Å². The highest BCUT2D eigenvalue weighted by Gasteiger charge is 2.30. The third kappa shape index (κ3) is 4.25. The van der Waals surface area contributed by atoms with Crippen LogP contribution in [0.15, 0.2) is 48.5 Å². The Balaban J connectivity index is 1.91. The average molecular weight is 376 g/mol. The first-order valence-electron chi connectivity index (χ1n) is 7.98. The Morgan fingerprint density at radius 3 is 2.33 bits per heavy atom. The van der Waals surface area contributed by atoms with E-state index in [9.17, 15) is 18.0 Å². The summed E-state index contributed by atoms with van der Waals surface area (Å²) >= 11 is 0. The first kappa shape index (κ1) is 18.4. The monoisotopic (exact) mass is 376 g/mol. The largest absolute Gasteiger partial charge is 0.573 e. The number of alkyl halides is 3. The number of carbonyl (C=O) groups is 1. The topological polar surface area (TPSA) is 83.0 Å². The van der Waals surface area contributed by atoms with Crippen molar-refractivity contribution in [2.24, 2.45) is 5.73 Å². The van der Waals surface area contributed by atoms with Gasteiger partial charge in [-0.25, -0.2) is 9.67 Å². The summed E-state index contributed by atoms with van der Waals surface area (Å²) in [5.74, 6) is -0.569. The Morgan fingerprint density at radius 1 is 1.11 bits per heavy atom. The summed E-state index contributed by atoms with van der Waals surface area (Å²) in [5, 5.41) is 4.27. The van der Waals surface area contributed by atoms with E-state index in [1.54, 1.807) is 24.3 Å². The molecule has 2 aromatic carbocycles. The second-order valence-corrected chi connectivity index (χ2v) is 5.59. The van der Waals surface area contributed by atoms with Crippen LogP contribution in [0.2, 0.25) is 0 Å². The number of hydrogen-bond donors (Lipinski definition) is 1. The van der Waals surface area contributed by atoms with Gasteiger partial charge < -0.3 is 10.5 Å². The first-order valence-corrected chi connectivity index (χ1v) is 7.98. The summed E-state index contributed by atoms with van der Waals surface area (Å²) in [5.41, 5.74) is 7.40. The average Bonchev–Trinajstić information content (AvgIpc) is 3.06. The van der Waals surface area contributed by atoms with Crippen LogP contribution in [0.25, 0.3) is 22.5 Å². The maximum atomic E-state index is 12.3. The van der Waals surface area contributed by atoms with Crippen LogP contribution in [-0.4, -0.2) is 27.0 Å². The predicted molar refractivity (Wildman–Crippen MR) is 91.8 cm³/mol. The third-order valence-corrected chi connectivity index (χ3v) is 3.73. The van der Waals surface area contributed by atoms with Crippen LogP contribution in [0.1, 0.15) is 17.5 Å². The standard InChI is InChI=1S/C18H15F3N4O2/c1-2-25-17(15(22)26)23-16(24-25)13-5-3-4-12(10-13)11-6-8-14(9-7-11)27-18(19,20)21/h3-10H,2H2,1H3,(H2,22,26). The molecule has 0 spiro atoms. The molecule has 1 heterocycles. The smallest absolute Gasteiger partial charge is 0.406 e. The molecule has 140 valence electrons. The summed E-state index contributed by atoms with van der Waals surface area (Å²) in [6, 6.07) is 12.6. The number of carbonyl (C=O) groups excluding carboxylic acids is 1. The normalized spacial score (nSPS) is 11.4. The predicted octanol–water partition coefficient (Wildman–Crippen LogP) is 3.63. The Labute approximate surface area is 152 Å². The van der Waals surface area contributed by atoms with E-state index in [1.807, 2.05) is 6.92 Å². The van der Waals surface area contributed by atoms with Gasteiger partial charge in [-0.2, -0.15) is 5.10 Å². The Hall–Kier alpha value is -3.36. The minimum atomic E-state index is -4.73. The molecule has 2 N–H and O–H groups in total. The summed E-state index contributed by atoms with van der Waals surface area (Å²) in [6.07, 6.45) is -4.73. The third-order valence-electron chi connectivity index (χ3n) is 3.73. The second kappa shape index (κ2) is 7.10. The van der Waals surface area contributed by atoms with Gasteiger partial charge >= 0.3 is 6.36 Å². The maximum Gasteiger partial charge on any atom is 0.573 e. The van der Waals surface area contributed by atoms with Crippen molar-refractivity contribution < 1.29 is 22.7 Å². The fourth-order valence-electron chi connectivity index (χ4n) is 2.55. The molecule has 0 aliphatic carbocycles. The van der Waals surface area contributed by atoms with Crippen molar-refractivity contribution >= 4 is 5.91 Å². The number of aromatic nitrogens is 3. The van der Waals surface area contributed by atoms with Crippen LogP contribution in [-0.2, 0) is 6.54 Å². The lowest BCUT2D eigenvalue weighted by molar-refractivity contribution is -0.274. The summed E-state index contributed by atoms with van der Waals surface area (Å²) in [6.45, 7) is 2.25. The molecule has 0 saturated heterocycles. The zero-order chi connectivity index (χ0) is 19.6. The summed E-state index contributed by atoms with van der Waals surface area (Å²) < 4.78 is 42.0. The molecule has 3 aromatic rings. The van der Waals surface area contributed by atoms with Crippen molar-refractivity contribution in [3.05, 3.63) is 54.4 Å². The van der Waals surface area contributed by atoms with Crippen LogP contribution in [0.4, 0.5) is 13.2 Å². The first-order chi connectivity index (χ1) is 12.8. The van der Waals surface area contributed by atoms with Crippen molar-refractivity contribution in [2.75, 3.05) is 0 Å². The molecule has 0 aliphatic rings. The van der Waals surface area contributed by atoms with Gasteiger partial charge in [-0.3, -0.25) is 4.79 Å². The molecule has 3 rings (SSSR count). The lowest BCUT2D eigenvalue weighted by Gasteiger charge is -2.09. The zero-order valence-electron chi connectivity index (χ0n) is 14.2. The van der Waals surface area contributed by atoms with E-state index in [4.69, 9.17) is 5.73 Å². The molecule has 6 nitrogen and oxygen atoms in total. The number of nitrogens with two attached hydrogens (primary N) is 1. The van der Waals surface area contributed by atoms with Crippen molar-refractivity contribution in [3.63, 3.8) is 0 Å². The van der Waals surface area contributed by atoms with Crippen LogP contribution in [0, 0.1) is 0 Å². The van der Waals surface area contributed by atoms with Gasteiger partial charge in [0.1, 0.15) is 5.75 Å². The number of hydrogen-bond acceptors (Lipinski definition) is 4. The van der Waals surface area contributed by atoms with Crippen molar-refractivity contribution in [1.29, 1.82) is 0 Å². The quantitative estimate of drug-likeness (QED) is 0.737. The molecule has 1 amide bonds. The fraction of sp³-hybridized carbons (Fsp3) is 0.167. The number of aryl methyl sites for hydroxylation is 1. The number of halogens is 3. The number of rotatable bonds is 5. The molecular weight excluding hydrogens is 361 g/mol. The maximum absolute atomic E-state index is 12.3. The highest BCUT2D eigenvalue weighted by Crippen LogP contribution is 2.28. The highest BCUT2D eigenvalue weighted by atomic mass is 19.4. The summed E-state index contributed by atoms with van der Waals surface area (Å²) in [4.78, 5) is 15.6. The van der Waals surface area contributed by atoms with Crippen molar-refractivity contribution in [2.45, 2.75) is 19.8 Å². The van der Waals surface area contributed by atoms with Gasteiger partial charge in [-0.05, 0) is 36.2 Å². The van der Waals surface area contributed by atoms with E-state index in [0.717, 1.165) is 5.56 Å². The van der Waals surface area contributed by atoms with E-state index < -0.39 is 12.3 Å². The molecule has 0 radical (unpaired) electrons. The highest BCUT2D eigenvalue weighted by molar-refractivity contribution is 5.89. The van der Waals surface area contributed by atoms with E-state index >= 15 is 0 Å². The molecule has 0 atom stereocenters. The van der Waals surface area contributed by atoms with Crippen LogP contribution >= 0.6 is 0 Å². The zero-order valence-corrected chi connectivity index (χ0v) is 14.2. The summed E-state index contributed by atoms with van der Waals surface area (Å²) in [7, 11) is 0. The van der Waals surface area contributed by atoms with Crippen molar-refractivity contribution in [1.82, 2.24) is 14.8 Å². The van der Waals surface area contributed by atoms with E-state index in [0.29, 0.717) is 23.5 Å². The van der Waals surface area contributed by atoms with Gasteiger partial charge in [0.15, 0.2) is 5.82 Å². The molecule has 0 fully saturated rings. The van der Waals surface area contributed by atoms with Crippen LogP contribution in [0.3, 0.4) is 0 Å². The van der Waals surface area contributed by atoms with E-state index in [2.05, 4.69) is 14.8 Å². The van der Waals surface area contributed by atoms with Crippen LogP contribution in [0.5, 0.6) is 5.75 Å². The minimum absolute atomic E-state index is 0.0616. The van der Waals surface area contributed by atoms with E-state index in [1.165, 1.54) is 28.9 Å². The molecule has 9 heteroatoms. The lowest BCUT2D eigenvalue weighted by Crippen LogP contribution is -2.18. The number of amides is 1. The van der Waals surface area contributed by atoms with Crippen LogP contribution < -0.4 is 10.5 Å². The molecule has 0 saturated carbocycles. The Bertz CT molecular complexity index is 965. The minimum Gasteiger partial charge on any atom is -0.406 e. The van der Waals surface area contributed by atoms with Gasteiger partial charge in [0.2, 0.25) is 5.82 Å². The molecule has 0 aliphatic heterocycles. The van der Waals surface area contributed by atoms with Crippen molar-refractivity contribution in [3.8, 4) is 28.3 Å². The van der Waals surface area contributed by atoms with E-state index in [-0.39, 0.29) is 11.6 Å².